The number of aliphatic imine (C=N–C) groups is 1. The second-order valence-electron chi connectivity index (χ2n) is 6.69. The van der Waals surface area contributed by atoms with Crippen LogP contribution in [0.25, 0.3) is 11.2 Å². The molecule has 27 heavy (non-hydrogen) atoms. The Labute approximate surface area is 158 Å². The number of aromatic nitrogens is 3. The fourth-order valence-electron chi connectivity index (χ4n) is 3.14. The molecule has 0 aliphatic heterocycles. The molecule has 0 unspecified atom stereocenters. The second kappa shape index (κ2) is 8.56. The predicted molar refractivity (Wildman–Crippen MR) is 107 cm³/mol. The first-order valence-electron chi connectivity index (χ1n) is 9.11. The second-order valence-corrected chi connectivity index (χ2v) is 6.69. The molecule has 1 saturated carbocycles. The van der Waals surface area contributed by atoms with E-state index in [0.29, 0.717) is 28.5 Å². The van der Waals surface area contributed by atoms with E-state index in [-0.39, 0.29) is 6.10 Å². The number of hydrogen-bond donors (Lipinski definition) is 1. The van der Waals surface area contributed by atoms with Gasteiger partial charge in [0.05, 0.1) is 29.6 Å². The Morgan fingerprint density at radius 3 is 2.85 bits per heavy atom. The van der Waals surface area contributed by atoms with Crippen molar-refractivity contribution in [1.29, 1.82) is 5.26 Å². The van der Waals surface area contributed by atoms with E-state index in [0.717, 1.165) is 31.4 Å². The van der Waals surface area contributed by atoms with Crippen molar-refractivity contribution in [2.45, 2.75) is 38.7 Å². The van der Waals surface area contributed by atoms with Crippen molar-refractivity contribution in [1.82, 2.24) is 14.6 Å². The van der Waals surface area contributed by atoms with Crippen molar-refractivity contribution in [3.05, 3.63) is 54.4 Å². The van der Waals surface area contributed by atoms with Crippen LogP contribution < -0.4 is 0 Å². The Kier molecular flexibility index (Phi) is 5.94. The van der Waals surface area contributed by atoms with Gasteiger partial charge in [0, 0.05) is 6.21 Å². The van der Waals surface area contributed by atoms with E-state index in [1.165, 1.54) is 0 Å². The number of fused-ring (bicyclic) bond motifs is 1. The van der Waals surface area contributed by atoms with E-state index in [1.54, 1.807) is 22.9 Å². The third kappa shape index (κ3) is 4.57. The lowest BCUT2D eigenvalue weighted by atomic mass is 9.88. The highest BCUT2D eigenvalue weighted by atomic mass is 16.3. The maximum absolute atomic E-state index is 9.60. The van der Waals surface area contributed by atoms with Crippen LogP contribution in [0.5, 0.6) is 0 Å². The molecular weight excluding hydrogens is 338 g/mol. The van der Waals surface area contributed by atoms with Gasteiger partial charge in [-0.2, -0.15) is 5.26 Å². The summed E-state index contributed by atoms with van der Waals surface area (Å²) in [5.41, 5.74) is 2.60. The highest BCUT2D eigenvalue weighted by molar-refractivity contribution is 5.74. The Balaban J connectivity index is 1.84. The fraction of sp³-hybridized carbons (Fsp3) is 0.333. The van der Waals surface area contributed by atoms with E-state index in [2.05, 4.69) is 27.7 Å². The first kappa shape index (κ1) is 18.7. The first-order chi connectivity index (χ1) is 13.1. The van der Waals surface area contributed by atoms with E-state index in [4.69, 9.17) is 0 Å². The van der Waals surface area contributed by atoms with Crippen LogP contribution in [0, 0.1) is 17.2 Å². The number of aliphatic hydroxyl groups is 1. The largest absolute Gasteiger partial charge is 0.393 e. The summed E-state index contributed by atoms with van der Waals surface area (Å²) in [6.45, 7) is 5.91. The van der Waals surface area contributed by atoms with Gasteiger partial charge < -0.3 is 5.11 Å². The van der Waals surface area contributed by atoms with Crippen LogP contribution in [0.2, 0.25) is 0 Å². The van der Waals surface area contributed by atoms with Crippen LogP contribution in [-0.2, 0) is 0 Å². The van der Waals surface area contributed by atoms with Gasteiger partial charge in [0.25, 0.3) is 0 Å². The lowest BCUT2D eigenvalue weighted by Gasteiger charge is -2.21. The molecule has 6 nitrogen and oxygen atoms in total. The Morgan fingerprint density at radius 1 is 1.37 bits per heavy atom. The molecule has 2 heterocycles. The number of nitrogens with zero attached hydrogens (tertiary/aromatic N) is 5. The number of rotatable bonds is 5. The number of hydrogen-bond acceptors (Lipinski definition) is 5. The van der Waals surface area contributed by atoms with Gasteiger partial charge in [0.15, 0.2) is 11.5 Å². The lowest BCUT2D eigenvalue weighted by Crippen LogP contribution is -2.18. The molecule has 1 N–H and O–H groups in total. The third-order valence-electron chi connectivity index (χ3n) is 4.64. The summed E-state index contributed by atoms with van der Waals surface area (Å²) in [5.74, 6) is 0.976. The maximum Gasteiger partial charge on any atom is 0.172 e. The molecule has 0 spiro atoms. The fourth-order valence-corrected chi connectivity index (χ4v) is 3.14. The number of imidazole rings is 1. The van der Waals surface area contributed by atoms with Gasteiger partial charge in [-0.15, -0.1) is 5.10 Å². The molecule has 138 valence electrons. The molecule has 3 rings (SSSR count). The van der Waals surface area contributed by atoms with Crippen LogP contribution in [0.1, 0.15) is 38.3 Å². The zero-order valence-corrected chi connectivity index (χ0v) is 15.4. The zero-order valence-electron chi connectivity index (χ0n) is 15.4. The summed E-state index contributed by atoms with van der Waals surface area (Å²) in [6.07, 6.45) is 12.3. The molecule has 0 bridgehead atoms. The summed E-state index contributed by atoms with van der Waals surface area (Å²) >= 11 is 0. The van der Waals surface area contributed by atoms with Crippen LogP contribution in [0.15, 0.2) is 53.7 Å². The van der Waals surface area contributed by atoms with Gasteiger partial charge >= 0.3 is 0 Å². The summed E-state index contributed by atoms with van der Waals surface area (Å²) in [6, 6.07) is 5.83. The molecule has 0 atom stereocenters. The Bertz CT molecular complexity index is 953. The minimum atomic E-state index is -0.169. The van der Waals surface area contributed by atoms with Crippen molar-refractivity contribution in [2.75, 3.05) is 0 Å². The van der Waals surface area contributed by atoms with Crippen LogP contribution in [0.3, 0.4) is 0 Å². The monoisotopic (exact) mass is 361 g/mol. The molecule has 0 aromatic carbocycles. The highest BCUT2D eigenvalue weighted by Gasteiger charge is 2.17. The summed E-state index contributed by atoms with van der Waals surface area (Å²) in [4.78, 5) is 8.86. The maximum atomic E-state index is 9.60. The van der Waals surface area contributed by atoms with Gasteiger partial charge in [0.1, 0.15) is 0 Å². The van der Waals surface area contributed by atoms with Crippen LogP contribution >= 0.6 is 0 Å². The summed E-state index contributed by atoms with van der Waals surface area (Å²) < 4.78 is 1.70. The molecule has 0 radical (unpaired) electrons. The molecule has 1 aliphatic carbocycles. The standard InChI is InChI=1S/C21H23N5O/c1-3-4-17(12-22)11-15(2)19-14-24-21-10-9-20(25-26(19)21)23-13-16-5-7-18(27)8-6-16/h3-4,9-11,13-14,16,18,27H,2,5-8H2,1H3/b4-3-,17-11+,23-13?. The smallest absolute Gasteiger partial charge is 0.172 e. The summed E-state index contributed by atoms with van der Waals surface area (Å²) in [7, 11) is 0. The van der Waals surface area contributed by atoms with Gasteiger partial charge in [-0.05, 0) is 68.4 Å². The molecule has 0 saturated heterocycles. The average molecular weight is 361 g/mol. The predicted octanol–water partition coefficient (Wildman–Crippen LogP) is 4.02. The molecule has 1 fully saturated rings. The van der Waals surface area contributed by atoms with Crippen molar-refractivity contribution in [3.8, 4) is 6.07 Å². The van der Waals surface area contributed by atoms with E-state index < -0.39 is 0 Å². The van der Waals surface area contributed by atoms with E-state index in [9.17, 15) is 10.4 Å². The number of nitriles is 1. The molecule has 2 aromatic heterocycles. The Morgan fingerprint density at radius 2 is 2.15 bits per heavy atom. The van der Waals surface area contributed by atoms with Gasteiger partial charge in [0.2, 0.25) is 0 Å². The average Bonchev–Trinajstić information content (AvgIpc) is 3.10. The van der Waals surface area contributed by atoms with Crippen LogP contribution in [-0.4, -0.2) is 32.0 Å². The minimum absolute atomic E-state index is 0.169. The van der Waals surface area contributed by atoms with Gasteiger partial charge in [-0.3, -0.25) is 0 Å². The molecular formula is C21H23N5O. The van der Waals surface area contributed by atoms with Crippen molar-refractivity contribution < 1.29 is 5.11 Å². The quantitative estimate of drug-likeness (QED) is 0.495. The SMILES string of the molecule is C=C(/C=C(C#N)\C=C/C)c1cnc2ccc(N=CC3CCC(O)CC3)nn12. The van der Waals surface area contributed by atoms with Gasteiger partial charge in [-0.25, -0.2) is 14.5 Å². The minimum Gasteiger partial charge on any atom is -0.393 e. The Hall–Kier alpha value is -3.04. The molecule has 2 aromatic rings. The van der Waals surface area contributed by atoms with E-state index in [1.807, 2.05) is 31.3 Å². The molecule has 0 amide bonds. The van der Waals surface area contributed by atoms with Crippen LogP contribution in [0.4, 0.5) is 5.82 Å². The van der Waals surface area contributed by atoms with E-state index >= 15 is 0 Å². The number of aliphatic hydroxyl groups excluding tert-OH is 1. The van der Waals surface area contributed by atoms with Crippen molar-refractivity contribution >= 4 is 23.3 Å². The summed E-state index contributed by atoms with van der Waals surface area (Å²) in [5, 5.41) is 23.3. The third-order valence-corrected chi connectivity index (χ3v) is 4.64. The lowest BCUT2D eigenvalue weighted by molar-refractivity contribution is 0.121. The highest BCUT2D eigenvalue weighted by Crippen LogP contribution is 2.24. The normalized spacial score (nSPS) is 21.1. The van der Waals surface area contributed by atoms with Gasteiger partial charge in [-0.1, -0.05) is 12.7 Å². The molecule has 6 heteroatoms. The van der Waals surface area contributed by atoms with Crippen molar-refractivity contribution in [3.63, 3.8) is 0 Å². The topological polar surface area (TPSA) is 86.6 Å². The van der Waals surface area contributed by atoms with Crippen molar-refractivity contribution in [2.24, 2.45) is 10.9 Å². The first-order valence-corrected chi connectivity index (χ1v) is 9.11. The zero-order chi connectivity index (χ0) is 19.2. The molecule has 1 aliphatic rings. The number of allylic oxidation sites excluding steroid dienone is 5.